The van der Waals surface area contributed by atoms with E-state index in [0.29, 0.717) is 45.6 Å². The van der Waals surface area contributed by atoms with Crippen molar-refractivity contribution >= 4 is 17.9 Å². The Balaban J connectivity index is 1.30. The molecule has 8 heteroatoms. The molecule has 1 fully saturated rings. The number of nitrogens with one attached hydrogen (secondary N) is 2. The third kappa shape index (κ3) is 6.93. The van der Waals surface area contributed by atoms with Crippen LogP contribution in [0.4, 0.5) is 4.79 Å². The van der Waals surface area contributed by atoms with Crippen LogP contribution in [0, 0.1) is 5.92 Å². The number of hydrogen-bond acceptors (Lipinski definition) is 5. The second kappa shape index (κ2) is 13.6. The molecular weight excluding hydrogens is 530 g/mol. The number of benzene rings is 3. The lowest BCUT2D eigenvalue weighted by molar-refractivity contribution is -0.143. The molecule has 3 aromatic rings. The zero-order valence-corrected chi connectivity index (χ0v) is 24.4. The van der Waals surface area contributed by atoms with Crippen molar-refractivity contribution in [1.29, 1.82) is 0 Å². The first-order valence-electron chi connectivity index (χ1n) is 14.8. The molecule has 8 nitrogen and oxygen atoms in total. The number of carbonyl (C=O) groups excluding carboxylic acids is 3. The Morgan fingerprint density at radius 3 is 2.60 bits per heavy atom. The maximum absolute atomic E-state index is 13.1. The van der Waals surface area contributed by atoms with E-state index in [-0.39, 0.29) is 36.2 Å². The summed E-state index contributed by atoms with van der Waals surface area (Å²) >= 11 is 0. The molecule has 0 radical (unpaired) electrons. The van der Waals surface area contributed by atoms with Crippen LogP contribution >= 0.6 is 0 Å². The van der Waals surface area contributed by atoms with Gasteiger partial charge >= 0.3 is 12.0 Å². The Kier molecular flexibility index (Phi) is 9.41. The Labute approximate surface area is 247 Å². The number of methoxy groups -OCH3 is 1. The number of hydrogen-bond donors (Lipinski definition) is 2. The van der Waals surface area contributed by atoms with Crippen molar-refractivity contribution in [2.45, 2.75) is 51.6 Å². The predicted octanol–water partition coefficient (Wildman–Crippen LogP) is 5.19. The Bertz CT molecular complexity index is 1420. The van der Waals surface area contributed by atoms with E-state index < -0.39 is 0 Å². The Morgan fingerprint density at radius 1 is 0.976 bits per heavy atom. The smallest absolute Gasteiger partial charge is 0.317 e. The van der Waals surface area contributed by atoms with Gasteiger partial charge in [0.1, 0.15) is 5.75 Å². The molecular formula is C34H39N3O5. The Hall–Kier alpha value is -4.33. The number of carbonyl (C=O) groups is 3. The summed E-state index contributed by atoms with van der Waals surface area (Å²) in [7, 11) is 1.66. The molecule has 5 rings (SSSR count). The van der Waals surface area contributed by atoms with Crippen molar-refractivity contribution in [2.24, 2.45) is 5.92 Å². The first-order chi connectivity index (χ1) is 20.5. The zero-order valence-electron chi connectivity index (χ0n) is 24.4. The van der Waals surface area contributed by atoms with Crippen LogP contribution in [0.3, 0.4) is 0 Å². The number of esters is 1. The lowest BCUT2D eigenvalue weighted by atomic mass is 9.87. The maximum atomic E-state index is 13.1. The molecule has 0 spiro atoms. The first kappa shape index (κ1) is 29.2. The summed E-state index contributed by atoms with van der Waals surface area (Å²) in [6.07, 6.45) is 2.36. The quantitative estimate of drug-likeness (QED) is 0.245. The largest absolute Gasteiger partial charge is 0.497 e. The highest BCUT2D eigenvalue weighted by molar-refractivity contribution is 5.83. The zero-order chi connectivity index (χ0) is 29.5. The fourth-order valence-electron chi connectivity index (χ4n) is 5.78. The first-order valence-corrected chi connectivity index (χ1v) is 14.8. The molecule has 0 aromatic heterocycles. The van der Waals surface area contributed by atoms with Crippen LogP contribution in [0.15, 0.2) is 66.7 Å². The molecule has 2 N–H and O–H groups in total. The number of fused-ring (bicyclic) bond motifs is 1. The SMILES string of the molecule is CCOC(=O)CCCNC(=O)N1CCc2c(-c3cccc(OC)c3)ccc(CNC(=O)C3CC3c3ccccc3)c2C1. The van der Waals surface area contributed by atoms with Gasteiger partial charge in [-0.05, 0) is 77.6 Å². The van der Waals surface area contributed by atoms with Crippen LogP contribution in [0.1, 0.15) is 54.4 Å². The Morgan fingerprint density at radius 2 is 1.81 bits per heavy atom. The van der Waals surface area contributed by atoms with Gasteiger partial charge in [-0.3, -0.25) is 9.59 Å². The van der Waals surface area contributed by atoms with E-state index >= 15 is 0 Å². The monoisotopic (exact) mass is 569 g/mol. The lowest BCUT2D eigenvalue weighted by Gasteiger charge is -2.32. The summed E-state index contributed by atoms with van der Waals surface area (Å²) in [5, 5.41) is 6.12. The van der Waals surface area contributed by atoms with Gasteiger partial charge in [-0.2, -0.15) is 0 Å². The third-order valence-corrected chi connectivity index (χ3v) is 8.12. The molecule has 2 unspecified atom stereocenters. The van der Waals surface area contributed by atoms with Crippen molar-refractivity contribution < 1.29 is 23.9 Å². The van der Waals surface area contributed by atoms with Crippen LogP contribution in [-0.4, -0.2) is 49.6 Å². The summed E-state index contributed by atoms with van der Waals surface area (Å²) in [4.78, 5) is 39.6. The fourth-order valence-corrected chi connectivity index (χ4v) is 5.78. The number of rotatable bonds is 11. The van der Waals surface area contributed by atoms with E-state index in [1.807, 2.05) is 36.4 Å². The molecule has 1 saturated carbocycles. The van der Waals surface area contributed by atoms with Crippen LogP contribution in [-0.2, 0) is 33.8 Å². The van der Waals surface area contributed by atoms with Crippen molar-refractivity contribution in [2.75, 3.05) is 26.8 Å². The van der Waals surface area contributed by atoms with Crippen molar-refractivity contribution in [1.82, 2.24) is 15.5 Å². The molecule has 42 heavy (non-hydrogen) atoms. The van der Waals surface area contributed by atoms with Crippen LogP contribution in [0.25, 0.3) is 11.1 Å². The molecule has 3 amide bonds. The number of ether oxygens (including phenoxy) is 2. The van der Waals surface area contributed by atoms with E-state index in [1.165, 1.54) is 11.1 Å². The average Bonchev–Trinajstić information content (AvgIpc) is 3.83. The summed E-state index contributed by atoms with van der Waals surface area (Å²) in [5.74, 6) is 0.877. The van der Waals surface area contributed by atoms with E-state index in [2.05, 4.69) is 41.0 Å². The van der Waals surface area contributed by atoms with E-state index in [4.69, 9.17) is 9.47 Å². The highest BCUT2D eigenvalue weighted by Gasteiger charge is 2.43. The number of urea groups is 1. The van der Waals surface area contributed by atoms with Gasteiger partial charge in [-0.15, -0.1) is 0 Å². The predicted molar refractivity (Wildman–Crippen MR) is 161 cm³/mol. The second-order valence-electron chi connectivity index (χ2n) is 10.9. The molecule has 3 aromatic carbocycles. The molecule has 1 aliphatic heterocycles. The van der Waals surface area contributed by atoms with Gasteiger partial charge in [0.15, 0.2) is 0 Å². The van der Waals surface area contributed by atoms with Gasteiger partial charge in [0.05, 0.1) is 13.7 Å². The van der Waals surface area contributed by atoms with Gasteiger partial charge in [-0.1, -0.05) is 54.6 Å². The highest BCUT2D eigenvalue weighted by Crippen LogP contribution is 2.47. The second-order valence-corrected chi connectivity index (χ2v) is 10.9. The standard InChI is InChI=1S/C34H39N3O5/c1-3-42-32(38)13-8-17-35-34(40)37-18-16-28-27(24-11-7-12-26(19-24)41-2)15-14-25(31(28)22-37)21-36-33(39)30-20-29(30)23-9-5-4-6-10-23/h4-7,9-12,14-15,19,29-30H,3,8,13,16-18,20-22H2,1-2H3,(H,35,40)(H,36,39). The minimum absolute atomic E-state index is 0.00355. The summed E-state index contributed by atoms with van der Waals surface area (Å²) in [6, 6.07) is 22.2. The fraction of sp³-hybridized carbons (Fsp3) is 0.382. The molecule has 2 atom stereocenters. The highest BCUT2D eigenvalue weighted by atomic mass is 16.5. The summed E-state index contributed by atoms with van der Waals surface area (Å²) in [6.45, 7) is 3.96. The van der Waals surface area contributed by atoms with Gasteiger partial charge in [-0.25, -0.2) is 4.79 Å². The molecule has 1 heterocycles. The van der Waals surface area contributed by atoms with Crippen LogP contribution < -0.4 is 15.4 Å². The van der Waals surface area contributed by atoms with Crippen LogP contribution in [0.2, 0.25) is 0 Å². The lowest BCUT2D eigenvalue weighted by Crippen LogP contribution is -2.43. The molecule has 1 aliphatic carbocycles. The van der Waals surface area contributed by atoms with Crippen molar-refractivity contribution in [3.63, 3.8) is 0 Å². The molecule has 2 aliphatic rings. The van der Waals surface area contributed by atoms with Gasteiger partial charge in [0.25, 0.3) is 0 Å². The van der Waals surface area contributed by atoms with Crippen molar-refractivity contribution in [3.8, 4) is 16.9 Å². The molecule has 220 valence electrons. The van der Waals surface area contributed by atoms with E-state index in [9.17, 15) is 14.4 Å². The van der Waals surface area contributed by atoms with Gasteiger partial charge in [0, 0.05) is 38.5 Å². The number of amides is 3. The molecule has 0 saturated heterocycles. The minimum atomic E-state index is -0.253. The minimum Gasteiger partial charge on any atom is -0.497 e. The van der Waals surface area contributed by atoms with Crippen molar-refractivity contribution in [3.05, 3.63) is 89.0 Å². The third-order valence-electron chi connectivity index (χ3n) is 8.12. The van der Waals surface area contributed by atoms with Gasteiger partial charge < -0.3 is 25.0 Å². The van der Waals surface area contributed by atoms with E-state index in [1.54, 1.807) is 18.9 Å². The summed E-state index contributed by atoms with van der Waals surface area (Å²) in [5.41, 5.74) is 6.65. The van der Waals surface area contributed by atoms with Crippen LogP contribution in [0.5, 0.6) is 5.75 Å². The maximum Gasteiger partial charge on any atom is 0.317 e. The topological polar surface area (TPSA) is 97.0 Å². The normalized spacial score (nSPS) is 17.1. The summed E-state index contributed by atoms with van der Waals surface area (Å²) < 4.78 is 10.4. The number of nitrogens with zero attached hydrogens (tertiary/aromatic N) is 1. The van der Waals surface area contributed by atoms with E-state index in [0.717, 1.165) is 34.4 Å². The average molecular weight is 570 g/mol. The van der Waals surface area contributed by atoms with Gasteiger partial charge in [0.2, 0.25) is 5.91 Å². The molecule has 0 bridgehead atoms.